The highest BCUT2D eigenvalue weighted by atomic mass is 28.3. The van der Waals surface area contributed by atoms with Gasteiger partial charge in [-0.3, -0.25) is 0 Å². The van der Waals surface area contributed by atoms with Gasteiger partial charge in [-0.05, 0) is 31.9 Å². The highest BCUT2D eigenvalue weighted by molar-refractivity contribution is 6.44. The molecule has 1 radical (unpaired) electrons. The predicted molar refractivity (Wildman–Crippen MR) is 81.6 cm³/mol. The van der Waals surface area contributed by atoms with Gasteiger partial charge in [0.15, 0.2) is 0 Å². The van der Waals surface area contributed by atoms with E-state index in [9.17, 15) is 0 Å². The van der Waals surface area contributed by atoms with Crippen molar-refractivity contribution in [3.05, 3.63) is 0 Å². The highest BCUT2D eigenvalue weighted by Gasteiger charge is 2.15. The van der Waals surface area contributed by atoms with E-state index in [1.54, 1.807) is 0 Å². The lowest BCUT2D eigenvalue weighted by Crippen LogP contribution is -2.43. The number of nitrogens with one attached hydrogen (secondary N) is 1. The van der Waals surface area contributed by atoms with Crippen molar-refractivity contribution in [1.82, 2.24) is 10.2 Å². The second kappa shape index (κ2) is 11.8. The van der Waals surface area contributed by atoms with E-state index in [0.29, 0.717) is 0 Å². The quantitative estimate of drug-likeness (QED) is 0.466. The summed E-state index contributed by atoms with van der Waals surface area (Å²) in [6, 6.07) is 1.14. The van der Waals surface area contributed by atoms with E-state index in [0.717, 1.165) is 45.2 Å². The van der Waals surface area contributed by atoms with Gasteiger partial charge in [-0.2, -0.15) is 0 Å². The molecule has 4 nitrogen and oxygen atoms in total. The van der Waals surface area contributed by atoms with Gasteiger partial charge in [0.1, 0.15) is 0 Å². The summed E-state index contributed by atoms with van der Waals surface area (Å²) >= 11 is 0. The number of hydrogen-bond acceptors (Lipinski definition) is 4. The normalized spacial score (nSPS) is 17.2. The molecule has 1 N–H and O–H groups in total. The number of rotatable bonds is 11. The summed E-state index contributed by atoms with van der Waals surface area (Å²) in [5.41, 5.74) is 0. The number of piperazine rings is 1. The van der Waals surface area contributed by atoms with Crippen LogP contribution in [0.5, 0.6) is 0 Å². The maximum absolute atomic E-state index is 5.84. The van der Waals surface area contributed by atoms with Gasteiger partial charge in [-0.25, -0.2) is 0 Å². The summed E-state index contributed by atoms with van der Waals surface area (Å²) in [4.78, 5) is 2.56. The molecule has 1 saturated heterocycles. The Morgan fingerprint density at radius 1 is 1.00 bits per heavy atom. The highest BCUT2D eigenvalue weighted by Crippen LogP contribution is 2.07. The standard InChI is InChI=1S/C14H31N2O2Si/c1-3-12-17-19(18-13-4-2)14-6-5-9-16-10-7-15-8-11-16/h15H,3-14H2,1-2H3. The molecule has 0 unspecified atom stereocenters. The molecule has 5 heteroatoms. The van der Waals surface area contributed by atoms with Gasteiger partial charge < -0.3 is 19.1 Å². The van der Waals surface area contributed by atoms with E-state index in [1.165, 1.54) is 32.5 Å². The van der Waals surface area contributed by atoms with Gasteiger partial charge in [0.2, 0.25) is 0 Å². The SMILES string of the molecule is CCCO[Si](CCCCN1CCNCC1)OCCC. The Kier molecular flexibility index (Phi) is 10.7. The van der Waals surface area contributed by atoms with Crippen LogP contribution >= 0.6 is 0 Å². The fourth-order valence-electron chi connectivity index (χ4n) is 2.16. The lowest BCUT2D eigenvalue weighted by Gasteiger charge is -2.27. The Hall–Kier alpha value is 0.0569. The summed E-state index contributed by atoms with van der Waals surface area (Å²) in [6.45, 7) is 12.0. The van der Waals surface area contributed by atoms with Crippen molar-refractivity contribution in [2.24, 2.45) is 0 Å². The van der Waals surface area contributed by atoms with Crippen molar-refractivity contribution in [3.8, 4) is 0 Å². The lowest BCUT2D eigenvalue weighted by molar-refractivity contribution is 0.194. The Bertz CT molecular complexity index is 194. The molecular weight excluding hydrogens is 256 g/mol. The van der Waals surface area contributed by atoms with Crippen LogP contribution < -0.4 is 5.32 Å². The molecule has 1 fully saturated rings. The zero-order valence-corrected chi connectivity index (χ0v) is 13.7. The molecule has 1 heterocycles. The zero-order valence-electron chi connectivity index (χ0n) is 12.7. The van der Waals surface area contributed by atoms with Crippen molar-refractivity contribution >= 4 is 9.28 Å². The third kappa shape index (κ3) is 8.76. The fraction of sp³-hybridized carbons (Fsp3) is 1.00. The van der Waals surface area contributed by atoms with Crippen molar-refractivity contribution in [1.29, 1.82) is 0 Å². The first-order chi connectivity index (χ1) is 9.36. The molecule has 1 aliphatic heterocycles. The summed E-state index contributed by atoms with van der Waals surface area (Å²) in [7, 11) is -1.00. The molecule has 113 valence electrons. The van der Waals surface area contributed by atoms with Gasteiger partial charge in [0.25, 0.3) is 0 Å². The average Bonchev–Trinajstić information content (AvgIpc) is 2.46. The Labute approximate surface area is 120 Å². The molecule has 0 aromatic heterocycles. The van der Waals surface area contributed by atoms with Crippen LogP contribution in [0.2, 0.25) is 6.04 Å². The topological polar surface area (TPSA) is 33.7 Å². The number of unbranched alkanes of at least 4 members (excludes halogenated alkanes) is 1. The van der Waals surface area contributed by atoms with Crippen molar-refractivity contribution < 1.29 is 8.85 Å². The molecule has 19 heavy (non-hydrogen) atoms. The minimum atomic E-state index is -1.00. The summed E-state index contributed by atoms with van der Waals surface area (Å²) in [6.07, 6.45) is 4.69. The zero-order chi connectivity index (χ0) is 13.8. The maximum Gasteiger partial charge on any atom is 0.384 e. The van der Waals surface area contributed by atoms with Gasteiger partial charge in [-0.1, -0.05) is 20.3 Å². The van der Waals surface area contributed by atoms with Crippen LogP contribution in [0.3, 0.4) is 0 Å². The summed E-state index contributed by atoms with van der Waals surface area (Å²) < 4.78 is 11.7. The van der Waals surface area contributed by atoms with Crippen molar-refractivity contribution in [2.75, 3.05) is 45.9 Å². The van der Waals surface area contributed by atoms with Gasteiger partial charge in [0.05, 0.1) is 0 Å². The van der Waals surface area contributed by atoms with Crippen LogP contribution in [0.4, 0.5) is 0 Å². The Morgan fingerprint density at radius 2 is 1.63 bits per heavy atom. The van der Waals surface area contributed by atoms with Crippen LogP contribution in [0.25, 0.3) is 0 Å². The molecule has 0 aliphatic carbocycles. The predicted octanol–water partition coefficient (Wildman–Crippen LogP) is 2.01. The van der Waals surface area contributed by atoms with E-state index >= 15 is 0 Å². The molecule has 1 aliphatic rings. The molecule has 0 saturated carbocycles. The van der Waals surface area contributed by atoms with E-state index in [-0.39, 0.29) is 0 Å². The molecule has 0 aromatic carbocycles. The Morgan fingerprint density at radius 3 is 2.21 bits per heavy atom. The second-order valence-electron chi connectivity index (χ2n) is 5.12. The van der Waals surface area contributed by atoms with Crippen LogP contribution in [-0.4, -0.2) is 60.1 Å². The van der Waals surface area contributed by atoms with E-state index in [4.69, 9.17) is 8.85 Å². The first-order valence-electron chi connectivity index (χ1n) is 7.91. The third-order valence-electron chi connectivity index (χ3n) is 3.25. The van der Waals surface area contributed by atoms with E-state index < -0.39 is 9.28 Å². The maximum atomic E-state index is 5.84. The van der Waals surface area contributed by atoms with Gasteiger partial charge >= 0.3 is 9.28 Å². The van der Waals surface area contributed by atoms with Crippen LogP contribution in [0.1, 0.15) is 39.5 Å². The van der Waals surface area contributed by atoms with E-state index in [1.807, 2.05) is 0 Å². The third-order valence-corrected chi connectivity index (χ3v) is 5.06. The number of nitrogens with zero attached hydrogens (tertiary/aromatic N) is 1. The fourth-order valence-corrected chi connectivity index (χ4v) is 3.93. The van der Waals surface area contributed by atoms with Crippen LogP contribution in [0, 0.1) is 0 Å². The molecule has 0 amide bonds. The van der Waals surface area contributed by atoms with Crippen LogP contribution in [-0.2, 0) is 8.85 Å². The molecule has 0 aromatic rings. The summed E-state index contributed by atoms with van der Waals surface area (Å²) in [5, 5.41) is 3.39. The monoisotopic (exact) mass is 287 g/mol. The largest absolute Gasteiger partial charge is 0.393 e. The summed E-state index contributed by atoms with van der Waals surface area (Å²) in [5.74, 6) is 0. The first kappa shape index (κ1) is 17.1. The number of hydrogen-bond donors (Lipinski definition) is 1. The van der Waals surface area contributed by atoms with Gasteiger partial charge in [-0.15, -0.1) is 0 Å². The van der Waals surface area contributed by atoms with E-state index in [2.05, 4.69) is 24.1 Å². The molecule has 1 rings (SSSR count). The van der Waals surface area contributed by atoms with Crippen molar-refractivity contribution in [3.63, 3.8) is 0 Å². The average molecular weight is 288 g/mol. The minimum Gasteiger partial charge on any atom is -0.393 e. The lowest BCUT2D eigenvalue weighted by atomic mass is 10.3. The molecule has 0 spiro atoms. The van der Waals surface area contributed by atoms with Crippen molar-refractivity contribution in [2.45, 2.75) is 45.6 Å². The minimum absolute atomic E-state index is 0.857. The molecule has 0 atom stereocenters. The van der Waals surface area contributed by atoms with Gasteiger partial charge in [0, 0.05) is 39.4 Å². The first-order valence-corrected chi connectivity index (χ1v) is 9.43. The molecular formula is C14H31N2O2Si. The molecule has 0 bridgehead atoms. The second-order valence-corrected chi connectivity index (χ2v) is 6.94. The van der Waals surface area contributed by atoms with Crippen LogP contribution in [0.15, 0.2) is 0 Å². The smallest absolute Gasteiger partial charge is 0.384 e. The Balaban J connectivity index is 2.04.